The minimum atomic E-state index is -0.424. The second kappa shape index (κ2) is 8.11. The number of nitrogens with zero attached hydrogens (tertiary/aromatic N) is 3. The molecule has 7 heteroatoms. The molecule has 0 spiro atoms. The Morgan fingerprint density at radius 2 is 2.08 bits per heavy atom. The fourth-order valence-corrected chi connectivity index (χ4v) is 3.42. The second-order valence-electron chi connectivity index (χ2n) is 6.09. The van der Waals surface area contributed by atoms with Gasteiger partial charge in [0.2, 0.25) is 5.91 Å². The lowest BCUT2D eigenvalue weighted by Gasteiger charge is -2.07. The molecular formula is C19H20N4O2S. The predicted molar refractivity (Wildman–Crippen MR) is 101 cm³/mol. The number of carbonyl (C=O) groups is 1. The molecule has 2 aromatic rings. The summed E-state index contributed by atoms with van der Waals surface area (Å²) in [6.07, 6.45) is 10.1. The summed E-state index contributed by atoms with van der Waals surface area (Å²) in [6.45, 7) is 0. The number of anilines is 1. The monoisotopic (exact) mass is 368 g/mol. The SMILES string of the molecule is C#CCCC1(CCC(=O)Nc2ncc(Cc3ccc(OC)cc3)s2)N=N1. The molecule has 2 heterocycles. The Morgan fingerprint density at radius 1 is 1.31 bits per heavy atom. The van der Waals surface area contributed by atoms with Crippen LogP contribution in [0.1, 0.15) is 36.1 Å². The van der Waals surface area contributed by atoms with E-state index in [9.17, 15) is 4.79 Å². The van der Waals surface area contributed by atoms with Gasteiger partial charge in [0.15, 0.2) is 10.8 Å². The topological polar surface area (TPSA) is 75.9 Å². The van der Waals surface area contributed by atoms with Crippen molar-refractivity contribution in [1.29, 1.82) is 0 Å². The molecular weight excluding hydrogens is 348 g/mol. The number of amides is 1. The molecule has 0 saturated carbocycles. The van der Waals surface area contributed by atoms with Crippen LogP contribution in [0.15, 0.2) is 40.7 Å². The van der Waals surface area contributed by atoms with E-state index in [0.29, 0.717) is 30.8 Å². The standard InChI is InChI=1S/C19H20N4O2S/c1-3-4-10-19(22-23-19)11-9-17(24)21-18-20-13-16(26-18)12-14-5-7-15(25-2)8-6-14/h1,5-8,13H,4,9-12H2,2H3,(H,20,21,24). The van der Waals surface area contributed by atoms with Crippen LogP contribution in [0.3, 0.4) is 0 Å². The number of thiazole rings is 1. The highest BCUT2D eigenvalue weighted by Crippen LogP contribution is 2.37. The molecule has 0 saturated heterocycles. The van der Waals surface area contributed by atoms with Gasteiger partial charge in [0.25, 0.3) is 0 Å². The minimum Gasteiger partial charge on any atom is -0.497 e. The van der Waals surface area contributed by atoms with E-state index in [0.717, 1.165) is 17.0 Å². The fourth-order valence-electron chi connectivity index (χ4n) is 2.56. The predicted octanol–water partition coefficient (Wildman–Crippen LogP) is 4.04. The Balaban J connectivity index is 1.47. The zero-order valence-corrected chi connectivity index (χ0v) is 15.4. The summed E-state index contributed by atoms with van der Waals surface area (Å²) in [5.41, 5.74) is 0.742. The van der Waals surface area contributed by atoms with Crippen molar-refractivity contribution in [2.75, 3.05) is 12.4 Å². The Labute approximate surface area is 156 Å². The molecule has 1 aliphatic rings. The molecule has 1 aliphatic heterocycles. The number of rotatable bonds is 9. The van der Waals surface area contributed by atoms with Crippen LogP contribution in [0.4, 0.5) is 5.13 Å². The van der Waals surface area contributed by atoms with Gasteiger partial charge in [-0.15, -0.1) is 23.7 Å². The smallest absolute Gasteiger partial charge is 0.226 e. The molecule has 0 radical (unpaired) electrons. The summed E-state index contributed by atoms with van der Waals surface area (Å²) in [6, 6.07) is 7.91. The molecule has 26 heavy (non-hydrogen) atoms. The van der Waals surface area contributed by atoms with Gasteiger partial charge >= 0.3 is 0 Å². The van der Waals surface area contributed by atoms with Crippen LogP contribution < -0.4 is 10.1 Å². The largest absolute Gasteiger partial charge is 0.497 e. The normalized spacial score (nSPS) is 13.8. The van der Waals surface area contributed by atoms with Gasteiger partial charge in [0.05, 0.1) is 7.11 Å². The number of hydrogen-bond acceptors (Lipinski definition) is 6. The van der Waals surface area contributed by atoms with Crippen molar-refractivity contribution < 1.29 is 9.53 Å². The van der Waals surface area contributed by atoms with Gasteiger partial charge in [0.1, 0.15) is 5.75 Å². The third-order valence-corrected chi connectivity index (χ3v) is 5.06. The maximum absolute atomic E-state index is 12.1. The summed E-state index contributed by atoms with van der Waals surface area (Å²) in [4.78, 5) is 17.5. The molecule has 1 N–H and O–H groups in total. The number of ether oxygens (including phenoxy) is 1. The van der Waals surface area contributed by atoms with Crippen LogP contribution >= 0.6 is 11.3 Å². The molecule has 0 atom stereocenters. The number of benzene rings is 1. The average Bonchev–Trinajstić information content (AvgIpc) is 3.31. The van der Waals surface area contributed by atoms with E-state index in [-0.39, 0.29) is 5.91 Å². The lowest BCUT2D eigenvalue weighted by molar-refractivity contribution is -0.116. The van der Waals surface area contributed by atoms with Gasteiger partial charge < -0.3 is 10.1 Å². The average molecular weight is 368 g/mol. The molecule has 6 nitrogen and oxygen atoms in total. The van der Waals surface area contributed by atoms with Crippen LogP contribution in [0.25, 0.3) is 0 Å². The van der Waals surface area contributed by atoms with E-state index >= 15 is 0 Å². The van der Waals surface area contributed by atoms with Crippen molar-refractivity contribution in [2.45, 2.75) is 37.8 Å². The second-order valence-corrected chi connectivity index (χ2v) is 7.21. The first-order chi connectivity index (χ1) is 12.6. The Morgan fingerprint density at radius 3 is 2.73 bits per heavy atom. The molecule has 134 valence electrons. The first-order valence-corrected chi connectivity index (χ1v) is 9.19. The Kier molecular flexibility index (Phi) is 5.64. The summed E-state index contributed by atoms with van der Waals surface area (Å²) >= 11 is 1.48. The maximum atomic E-state index is 12.1. The quantitative estimate of drug-likeness (QED) is 0.679. The van der Waals surface area contributed by atoms with Gasteiger partial charge in [-0.1, -0.05) is 12.1 Å². The van der Waals surface area contributed by atoms with Crippen molar-refractivity contribution in [2.24, 2.45) is 10.2 Å². The van der Waals surface area contributed by atoms with Gasteiger partial charge in [-0.2, -0.15) is 10.2 Å². The highest BCUT2D eigenvalue weighted by atomic mass is 32.1. The summed E-state index contributed by atoms with van der Waals surface area (Å²) in [7, 11) is 1.65. The number of hydrogen-bond donors (Lipinski definition) is 1. The number of terminal acetylenes is 1. The molecule has 0 bridgehead atoms. The Hall–Kier alpha value is -2.72. The first-order valence-electron chi connectivity index (χ1n) is 8.37. The number of aromatic nitrogens is 1. The zero-order chi connectivity index (χ0) is 18.4. The molecule has 1 aromatic heterocycles. The highest BCUT2D eigenvalue weighted by Gasteiger charge is 2.39. The van der Waals surface area contributed by atoms with Gasteiger partial charge in [-0.25, -0.2) is 4.98 Å². The highest BCUT2D eigenvalue weighted by molar-refractivity contribution is 7.15. The van der Waals surface area contributed by atoms with E-state index in [1.165, 1.54) is 16.9 Å². The lowest BCUT2D eigenvalue weighted by atomic mass is 10.0. The Bertz CT molecular complexity index is 830. The molecule has 3 rings (SSSR count). The van der Waals surface area contributed by atoms with E-state index in [2.05, 4.69) is 26.4 Å². The van der Waals surface area contributed by atoms with Crippen molar-refractivity contribution >= 4 is 22.4 Å². The summed E-state index contributed by atoms with van der Waals surface area (Å²) < 4.78 is 5.16. The van der Waals surface area contributed by atoms with E-state index in [1.807, 2.05) is 24.3 Å². The summed E-state index contributed by atoms with van der Waals surface area (Å²) in [5.74, 6) is 3.34. The van der Waals surface area contributed by atoms with E-state index < -0.39 is 5.66 Å². The first kappa shape index (κ1) is 18.1. The molecule has 1 amide bonds. The van der Waals surface area contributed by atoms with E-state index in [1.54, 1.807) is 13.3 Å². The minimum absolute atomic E-state index is 0.0762. The number of carbonyl (C=O) groups excluding carboxylic acids is 1. The summed E-state index contributed by atoms with van der Waals surface area (Å²) in [5, 5.41) is 11.5. The van der Waals surface area contributed by atoms with Crippen LogP contribution in [0, 0.1) is 12.3 Å². The number of methoxy groups -OCH3 is 1. The van der Waals surface area contributed by atoms with Crippen molar-refractivity contribution in [1.82, 2.24) is 4.98 Å². The number of nitrogens with one attached hydrogen (secondary N) is 1. The van der Waals surface area contributed by atoms with Gasteiger partial charge in [-0.3, -0.25) is 4.79 Å². The van der Waals surface area contributed by atoms with Crippen molar-refractivity contribution in [3.8, 4) is 18.1 Å². The third-order valence-electron chi connectivity index (χ3n) is 4.14. The lowest BCUT2D eigenvalue weighted by Crippen LogP contribution is -2.17. The zero-order valence-electron chi connectivity index (χ0n) is 14.6. The van der Waals surface area contributed by atoms with Crippen LogP contribution in [-0.2, 0) is 11.2 Å². The van der Waals surface area contributed by atoms with Crippen molar-refractivity contribution in [3.05, 3.63) is 40.9 Å². The fraction of sp³-hybridized carbons (Fsp3) is 0.368. The van der Waals surface area contributed by atoms with Crippen LogP contribution in [0.5, 0.6) is 5.75 Å². The van der Waals surface area contributed by atoms with Gasteiger partial charge in [0, 0.05) is 43.2 Å². The molecule has 1 aromatic carbocycles. The van der Waals surface area contributed by atoms with Crippen LogP contribution in [0.2, 0.25) is 0 Å². The van der Waals surface area contributed by atoms with Gasteiger partial charge in [-0.05, 0) is 17.7 Å². The molecule has 0 unspecified atom stereocenters. The third kappa shape index (κ3) is 4.90. The molecule has 0 fully saturated rings. The molecule has 0 aliphatic carbocycles. The van der Waals surface area contributed by atoms with E-state index in [4.69, 9.17) is 11.2 Å². The maximum Gasteiger partial charge on any atom is 0.226 e. The van der Waals surface area contributed by atoms with Crippen molar-refractivity contribution in [3.63, 3.8) is 0 Å². The van der Waals surface area contributed by atoms with Crippen LogP contribution in [-0.4, -0.2) is 23.7 Å².